The zero-order valence-electron chi connectivity index (χ0n) is 12.0. The number of hydrogen-bond acceptors (Lipinski definition) is 4. The maximum absolute atomic E-state index is 12.0. The Morgan fingerprint density at radius 2 is 2.14 bits per heavy atom. The lowest BCUT2D eigenvalue weighted by molar-refractivity contribution is -0.116. The fourth-order valence-electron chi connectivity index (χ4n) is 2.63. The largest absolute Gasteiger partial charge is 0.326 e. The van der Waals surface area contributed by atoms with Crippen molar-refractivity contribution in [2.75, 3.05) is 11.1 Å². The lowest BCUT2D eigenvalue weighted by Crippen LogP contribution is -2.17. The molecule has 1 aromatic heterocycles. The zero-order chi connectivity index (χ0) is 15.6. The van der Waals surface area contributed by atoms with Crippen molar-refractivity contribution in [1.82, 2.24) is 0 Å². The minimum Gasteiger partial charge on any atom is -0.326 e. The fourth-order valence-corrected chi connectivity index (χ4v) is 4.92. The van der Waals surface area contributed by atoms with Gasteiger partial charge in [-0.2, -0.15) is 0 Å². The first kappa shape index (κ1) is 15.2. The molecule has 22 heavy (non-hydrogen) atoms. The molecular weight excluding hydrogens is 318 g/mol. The summed E-state index contributed by atoms with van der Waals surface area (Å²) in [5.74, 6) is 0.166. The van der Waals surface area contributed by atoms with Crippen molar-refractivity contribution in [3.05, 3.63) is 46.2 Å². The van der Waals surface area contributed by atoms with E-state index in [2.05, 4.69) is 5.32 Å². The second-order valence-corrected chi connectivity index (χ2v) is 8.48. The minimum atomic E-state index is -3.14. The van der Waals surface area contributed by atoms with Crippen molar-refractivity contribution in [2.24, 2.45) is 0 Å². The van der Waals surface area contributed by atoms with Gasteiger partial charge in [0.05, 0.1) is 10.6 Å². The highest BCUT2D eigenvalue weighted by molar-refractivity contribution is 7.91. The van der Waals surface area contributed by atoms with Gasteiger partial charge in [-0.15, -0.1) is 11.3 Å². The van der Waals surface area contributed by atoms with Gasteiger partial charge in [-0.3, -0.25) is 4.79 Å². The van der Waals surface area contributed by atoms with Gasteiger partial charge >= 0.3 is 0 Å². The van der Waals surface area contributed by atoms with Crippen molar-refractivity contribution < 1.29 is 13.2 Å². The number of benzene rings is 1. The Morgan fingerprint density at radius 1 is 1.27 bits per heavy atom. The summed E-state index contributed by atoms with van der Waals surface area (Å²) in [5, 5.41) is 4.85. The number of thiophene rings is 1. The number of nitrogens with one attached hydrogen (secondary N) is 1. The third kappa shape index (κ3) is 3.39. The molecule has 2 aromatic rings. The van der Waals surface area contributed by atoms with Crippen LogP contribution in [0.1, 0.15) is 23.3 Å². The smallest absolute Gasteiger partial charge is 0.224 e. The molecule has 3 rings (SSSR count). The van der Waals surface area contributed by atoms with Crippen LogP contribution in [0.25, 0.3) is 0 Å². The van der Waals surface area contributed by atoms with Crippen LogP contribution in [0, 0.1) is 0 Å². The maximum Gasteiger partial charge on any atom is 0.224 e. The Kier molecular flexibility index (Phi) is 4.31. The molecule has 0 saturated carbocycles. The highest BCUT2D eigenvalue weighted by Crippen LogP contribution is 2.27. The number of hydrogen-bond donors (Lipinski definition) is 1. The molecule has 1 aliphatic rings. The molecule has 0 radical (unpaired) electrons. The van der Waals surface area contributed by atoms with Gasteiger partial charge < -0.3 is 5.32 Å². The second-order valence-electron chi connectivity index (χ2n) is 5.37. The Balaban J connectivity index is 1.67. The van der Waals surface area contributed by atoms with E-state index in [9.17, 15) is 13.2 Å². The molecule has 1 amide bonds. The van der Waals surface area contributed by atoms with Gasteiger partial charge in [0.25, 0.3) is 0 Å². The zero-order valence-corrected chi connectivity index (χ0v) is 13.7. The molecule has 0 atom stereocenters. The van der Waals surface area contributed by atoms with Crippen LogP contribution in [0.2, 0.25) is 0 Å². The summed E-state index contributed by atoms with van der Waals surface area (Å²) >= 11 is 1.64. The van der Waals surface area contributed by atoms with Crippen molar-refractivity contribution in [1.29, 1.82) is 0 Å². The van der Waals surface area contributed by atoms with Gasteiger partial charge in [0.2, 0.25) is 5.91 Å². The summed E-state index contributed by atoms with van der Waals surface area (Å²) in [6.45, 7) is 0. The quantitative estimate of drug-likeness (QED) is 0.934. The SMILES string of the molecule is O=C(CCc1cccs1)Nc1ccc2c(c1)CCCS2(=O)=O. The predicted octanol–water partition coefficient (Wildman–Crippen LogP) is 3.04. The standard InChI is InChI=1S/C16H17NO3S2/c18-16(8-6-14-4-1-9-21-14)17-13-5-7-15-12(11-13)3-2-10-22(15,19)20/h1,4-5,7,9,11H,2-3,6,8,10H2,(H,17,18). The molecule has 0 saturated heterocycles. The van der Waals surface area contributed by atoms with Gasteiger partial charge in [-0.05, 0) is 54.5 Å². The van der Waals surface area contributed by atoms with Crippen molar-refractivity contribution in [3.63, 3.8) is 0 Å². The molecule has 1 N–H and O–H groups in total. The average molecular weight is 335 g/mol. The summed E-state index contributed by atoms with van der Waals surface area (Å²) in [6, 6.07) is 9.06. The molecule has 0 fully saturated rings. The van der Waals surface area contributed by atoms with Crippen LogP contribution in [-0.2, 0) is 27.5 Å². The first-order chi connectivity index (χ1) is 10.5. The van der Waals surface area contributed by atoms with Crippen molar-refractivity contribution >= 4 is 32.8 Å². The molecular formula is C16H17NO3S2. The number of carbonyl (C=O) groups excluding carboxylic acids is 1. The van der Waals surface area contributed by atoms with E-state index in [1.165, 1.54) is 4.88 Å². The lowest BCUT2D eigenvalue weighted by atomic mass is 10.1. The van der Waals surface area contributed by atoms with Gasteiger partial charge in [0.15, 0.2) is 9.84 Å². The average Bonchev–Trinajstić information content (AvgIpc) is 2.98. The monoisotopic (exact) mass is 335 g/mol. The summed E-state index contributed by atoms with van der Waals surface area (Å²) in [6.07, 6.45) is 2.54. The number of fused-ring (bicyclic) bond motifs is 1. The predicted molar refractivity (Wildman–Crippen MR) is 88.1 cm³/mol. The third-order valence-corrected chi connectivity index (χ3v) is 6.55. The lowest BCUT2D eigenvalue weighted by Gasteiger charge is -2.17. The molecule has 116 valence electrons. The molecule has 0 aliphatic carbocycles. The normalized spacial score (nSPS) is 16.0. The van der Waals surface area contributed by atoms with Crippen LogP contribution in [0.3, 0.4) is 0 Å². The Hall–Kier alpha value is -1.66. The highest BCUT2D eigenvalue weighted by atomic mass is 32.2. The van der Waals surface area contributed by atoms with Crippen LogP contribution in [0.5, 0.6) is 0 Å². The van der Waals surface area contributed by atoms with E-state index in [1.807, 2.05) is 17.5 Å². The number of rotatable bonds is 4. The van der Waals surface area contributed by atoms with Crippen molar-refractivity contribution in [3.8, 4) is 0 Å². The molecule has 2 heterocycles. The number of carbonyl (C=O) groups is 1. The number of sulfone groups is 1. The first-order valence-electron chi connectivity index (χ1n) is 7.22. The van der Waals surface area contributed by atoms with Crippen molar-refractivity contribution in [2.45, 2.75) is 30.6 Å². The summed E-state index contributed by atoms with van der Waals surface area (Å²) < 4.78 is 23.9. The minimum absolute atomic E-state index is 0.0491. The molecule has 1 aromatic carbocycles. The highest BCUT2D eigenvalue weighted by Gasteiger charge is 2.23. The van der Waals surface area contributed by atoms with E-state index in [-0.39, 0.29) is 11.7 Å². The molecule has 0 unspecified atom stereocenters. The van der Waals surface area contributed by atoms with E-state index >= 15 is 0 Å². The molecule has 0 bridgehead atoms. The Morgan fingerprint density at radius 3 is 2.91 bits per heavy atom. The van der Waals surface area contributed by atoms with Crippen LogP contribution >= 0.6 is 11.3 Å². The van der Waals surface area contributed by atoms with E-state index in [0.29, 0.717) is 23.4 Å². The third-order valence-electron chi connectivity index (χ3n) is 3.72. The van der Waals surface area contributed by atoms with E-state index in [1.54, 1.807) is 29.5 Å². The van der Waals surface area contributed by atoms with Crippen LogP contribution < -0.4 is 5.32 Å². The van der Waals surface area contributed by atoms with E-state index in [0.717, 1.165) is 18.4 Å². The van der Waals surface area contributed by atoms with Crippen LogP contribution in [0.15, 0.2) is 40.6 Å². The van der Waals surface area contributed by atoms with Crippen LogP contribution in [-0.4, -0.2) is 20.1 Å². The first-order valence-corrected chi connectivity index (χ1v) is 9.76. The fraction of sp³-hybridized carbons (Fsp3) is 0.312. The topological polar surface area (TPSA) is 63.2 Å². The van der Waals surface area contributed by atoms with Gasteiger partial charge in [0, 0.05) is 17.0 Å². The van der Waals surface area contributed by atoms with Gasteiger partial charge in [-0.25, -0.2) is 8.42 Å². The van der Waals surface area contributed by atoms with Crippen LogP contribution in [0.4, 0.5) is 5.69 Å². The van der Waals surface area contributed by atoms with E-state index < -0.39 is 9.84 Å². The van der Waals surface area contributed by atoms with Gasteiger partial charge in [-0.1, -0.05) is 6.07 Å². The number of aryl methyl sites for hydroxylation is 2. The molecule has 0 spiro atoms. The number of anilines is 1. The molecule has 1 aliphatic heterocycles. The Bertz CT molecular complexity index is 780. The molecule has 4 nitrogen and oxygen atoms in total. The van der Waals surface area contributed by atoms with Gasteiger partial charge in [0.1, 0.15) is 0 Å². The molecule has 6 heteroatoms. The summed E-state index contributed by atoms with van der Waals surface area (Å²) in [5.41, 5.74) is 1.48. The number of amides is 1. The summed E-state index contributed by atoms with van der Waals surface area (Å²) in [4.78, 5) is 13.6. The summed E-state index contributed by atoms with van der Waals surface area (Å²) in [7, 11) is -3.14. The van der Waals surface area contributed by atoms with E-state index in [4.69, 9.17) is 0 Å². The Labute approximate surface area is 134 Å². The second kappa shape index (κ2) is 6.22. The maximum atomic E-state index is 12.0.